The highest BCUT2D eigenvalue weighted by Crippen LogP contribution is 2.33. The topological polar surface area (TPSA) is 29.5 Å². The first-order valence-electron chi connectivity index (χ1n) is 4.97. The van der Waals surface area contributed by atoms with Crippen molar-refractivity contribution in [3.05, 3.63) is 0 Å². The maximum atomic E-state index is 9.98. The summed E-state index contributed by atoms with van der Waals surface area (Å²) in [5.41, 5.74) is -0.479. The van der Waals surface area contributed by atoms with Crippen LogP contribution in [0.15, 0.2) is 0 Å². The second-order valence-electron chi connectivity index (χ2n) is 3.96. The van der Waals surface area contributed by atoms with Crippen LogP contribution in [0.4, 0.5) is 0 Å². The SMILES string of the molecule is CCOC[C@H]1CCCC[C@]1(C)O. The fourth-order valence-corrected chi connectivity index (χ4v) is 1.91. The lowest BCUT2D eigenvalue weighted by atomic mass is 9.77. The van der Waals surface area contributed by atoms with Gasteiger partial charge in [-0.2, -0.15) is 0 Å². The molecule has 0 saturated heterocycles. The van der Waals surface area contributed by atoms with Crippen LogP contribution in [0.5, 0.6) is 0 Å². The van der Waals surface area contributed by atoms with Gasteiger partial charge in [0.1, 0.15) is 0 Å². The fraction of sp³-hybridized carbons (Fsp3) is 1.00. The fourth-order valence-electron chi connectivity index (χ4n) is 1.91. The lowest BCUT2D eigenvalue weighted by molar-refractivity contribution is -0.0649. The van der Waals surface area contributed by atoms with E-state index < -0.39 is 5.60 Å². The molecule has 0 aromatic rings. The van der Waals surface area contributed by atoms with Crippen molar-refractivity contribution < 1.29 is 9.84 Å². The van der Waals surface area contributed by atoms with Gasteiger partial charge >= 0.3 is 0 Å². The zero-order chi connectivity index (χ0) is 9.03. The van der Waals surface area contributed by atoms with Gasteiger partial charge in [0, 0.05) is 12.5 Å². The monoisotopic (exact) mass is 172 g/mol. The molecule has 12 heavy (non-hydrogen) atoms. The van der Waals surface area contributed by atoms with E-state index in [0.717, 1.165) is 32.5 Å². The lowest BCUT2D eigenvalue weighted by Crippen LogP contribution is -2.40. The van der Waals surface area contributed by atoms with Crippen LogP contribution in [0.1, 0.15) is 39.5 Å². The van der Waals surface area contributed by atoms with Crippen LogP contribution >= 0.6 is 0 Å². The third-order valence-electron chi connectivity index (χ3n) is 2.89. The van der Waals surface area contributed by atoms with E-state index in [1.807, 2.05) is 13.8 Å². The Morgan fingerprint density at radius 3 is 2.83 bits per heavy atom. The largest absolute Gasteiger partial charge is 0.390 e. The van der Waals surface area contributed by atoms with E-state index in [0.29, 0.717) is 5.92 Å². The van der Waals surface area contributed by atoms with Gasteiger partial charge in [0.05, 0.1) is 12.2 Å². The van der Waals surface area contributed by atoms with E-state index in [2.05, 4.69) is 0 Å². The summed E-state index contributed by atoms with van der Waals surface area (Å²) in [4.78, 5) is 0. The van der Waals surface area contributed by atoms with Crippen LogP contribution in [-0.4, -0.2) is 23.9 Å². The zero-order valence-corrected chi connectivity index (χ0v) is 8.18. The van der Waals surface area contributed by atoms with E-state index >= 15 is 0 Å². The standard InChI is InChI=1S/C10H20O2/c1-3-12-8-9-6-4-5-7-10(9,2)11/h9,11H,3-8H2,1-2H3/t9-,10+/m1/s1. The second-order valence-corrected chi connectivity index (χ2v) is 3.96. The third-order valence-corrected chi connectivity index (χ3v) is 2.89. The minimum Gasteiger partial charge on any atom is -0.390 e. The molecule has 1 aliphatic carbocycles. The molecule has 2 nitrogen and oxygen atoms in total. The van der Waals surface area contributed by atoms with Crippen LogP contribution in [0.3, 0.4) is 0 Å². The van der Waals surface area contributed by atoms with Gasteiger partial charge in [0.15, 0.2) is 0 Å². The molecule has 2 heteroatoms. The number of aliphatic hydroxyl groups is 1. The van der Waals surface area contributed by atoms with E-state index in [1.54, 1.807) is 0 Å². The molecule has 0 heterocycles. The van der Waals surface area contributed by atoms with Gasteiger partial charge in [0.25, 0.3) is 0 Å². The van der Waals surface area contributed by atoms with Gasteiger partial charge in [-0.15, -0.1) is 0 Å². The van der Waals surface area contributed by atoms with Crippen LogP contribution < -0.4 is 0 Å². The number of hydrogen-bond donors (Lipinski definition) is 1. The normalized spacial score (nSPS) is 36.8. The van der Waals surface area contributed by atoms with Crippen molar-refractivity contribution in [3.63, 3.8) is 0 Å². The van der Waals surface area contributed by atoms with Crippen molar-refractivity contribution in [2.45, 2.75) is 45.1 Å². The summed E-state index contributed by atoms with van der Waals surface area (Å²) in [5, 5.41) is 9.98. The Morgan fingerprint density at radius 2 is 2.25 bits per heavy atom. The summed E-state index contributed by atoms with van der Waals surface area (Å²) >= 11 is 0. The van der Waals surface area contributed by atoms with E-state index in [-0.39, 0.29) is 0 Å². The Bertz CT molecular complexity index is 132. The summed E-state index contributed by atoms with van der Waals surface area (Å²) in [6.07, 6.45) is 4.46. The van der Waals surface area contributed by atoms with Crippen LogP contribution in [0.2, 0.25) is 0 Å². The number of ether oxygens (including phenoxy) is 1. The predicted octanol–water partition coefficient (Wildman–Crippen LogP) is 1.96. The second kappa shape index (κ2) is 4.24. The molecule has 0 aromatic carbocycles. The molecule has 0 aliphatic heterocycles. The first-order chi connectivity index (χ1) is 5.67. The molecule has 0 amide bonds. The van der Waals surface area contributed by atoms with Crippen molar-refractivity contribution >= 4 is 0 Å². The predicted molar refractivity (Wildman–Crippen MR) is 49.1 cm³/mol. The van der Waals surface area contributed by atoms with Crippen molar-refractivity contribution in [1.82, 2.24) is 0 Å². The minimum atomic E-state index is -0.479. The quantitative estimate of drug-likeness (QED) is 0.705. The maximum Gasteiger partial charge on any atom is 0.0669 e. The molecule has 1 fully saturated rings. The van der Waals surface area contributed by atoms with Crippen molar-refractivity contribution in [2.24, 2.45) is 5.92 Å². The van der Waals surface area contributed by atoms with Crippen molar-refractivity contribution in [2.75, 3.05) is 13.2 Å². The number of rotatable bonds is 3. The van der Waals surface area contributed by atoms with E-state index in [4.69, 9.17) is 4.74 Å². The minimum absolute atomic E-state index is 0.353. The first-order valence-corrected chi connectivity index (χ1v) is 4.97. The van der Waals surface area contributed by atoms with Crippen LogP contribution in [-0.2, 0) is 4.74 Å². The van der Waals surface area contributed by atoms with E-state index in [9.17, 15) is 5.11 Å². The Balaban J connectivity index is 2.37. The molecule has 2 atom stereocenters. The summed E-state index contributed by atoms with van der Waals surface area (Å²) in [6, 6.07) is 0. The Kier molecular flexibility index (Phi) is 3.53. The Morgan fingerprint density at radius 1 is 1.50 bits per heavy atom. The Hall–Kier alpha value is -0.0800. The smallest absolute Gasteiger partial charge is 0.0669 e. The highest BCUT2D eigenvalue weighted by molar-refractivity contribution is 4.85. The molecule has 0 bridgehead atoms. The summed E-state index contributed by atoms with van der Waals surface area (Å²) in [6.45, 7) is 5.42. The molecule has 1 aliphatic rings. The van der Waals surface area contributed by atoms with Gasteiger partial charge in [-0.25, -0.2) is 0 Å². The molecular formula is C10H20O2. The van der Waals surface area contributed by atoms with Crippen molar-refractivity contribution in [1.29, 1.82) is 0 Å². The highest BCUT2D eigenvalue weighted by Gasteiger charge is 2.34. The van der Waals surface area contributed by atoms with Gasteiger partial charge in [0.2, 0.25) is 0 Å². The molecule has 0 unspecified atom stereocenters. The molecule has 72 valence electrons. The zero-order valence-electron chi connectivity index (χ0n) is 8.18. The molecule has 1 N–H and O–H groups in total. The molecule has 1 rings (SSSR count). The average Bonchev–Trinajstić information content (AvgIpc) is 2.02. The molecule has 0 spiro atoms. The average molecular weight is 172 g/mol. The molecule has 0 radical (unpaired) electrons. The number of hydrogen-bond acceptors (Lipinski definition) is 2. The first kappa shape index (κ1) is 10.0. The van der Waals surface area contributed by atoms with E-state index in [1.165, 1.54) is 6.42 Å². The summed E-state index contributed by atoms with van der Waals surface area (Å²) in [7, 11) is 0. The highest BCUT2D eigenvalue weighted by atomic mass is 16.5. The van der Waals surface area contributed by atoms with Crippen LogP contribution in [0.25, 0.3) is 0 Å². The lowest BCUT2D eigenvalue weighted by Gasteiger charge is -2.36. The molecule has 1 saturated carbocycles. The van der Waals surface area contributed by atoms with Gasteiger partial charge in [-0.05, 0) is 26.7 Å². The van der Waals surface area contributed by atoms with Gasteiger partial charge in [-0.3, -0.25) is 0 Å². The molecular weight excluding hydrogens is 152 g/mol. The summed E-state index contributed by atoms with van der Waals surface area (Å²) < 4.78 is 5.35. The maximum absolute atomic E-state index is 9.98. The van der Waals surface area contributed by atoms with Gasteiger partial charge in [-0.1, -0.05) is 12.8 Å². The third kappa shape index (κ3) is 2.46. The van der Waals surface area contributed by atoms with Crippen molar-refractivity contribution in [3.8, 4) is 0 Å². The van der Waals surface area contributed by atoms with Crippen LogP contribution in [0, 0.1) is 5.92 Å². The van der Waals surface area contributed by atoms with Gasteiger partial charge < -0.3 is 9.84 Å². The summed E-state index contributed by atoms with van der Waals surface area (Å²) in [5.74, 6) is 0.353. The Labute approximate surface area is 74.9 Å². The molecule has 0 aromatic heterocycles.